The molecular formula is C16H9BrN4O3. The highest BCUT2D eigenvalue weighted by atomic mass is 79.9. The van der Waals surface area contributed by atoms with E-state index in [0.29, 0.717) is 5.69 Å². The molecule has 0 unspecified atom stereocenters. The van der Waals surface area contributed by atoms with E-state index in [-0.39, 0.29) is 16.9 Å². The topological polar surface area (TPSA) is 107 Å². The third-order valence-electron chi connectivity index (χ3n) is 3.94. The standard InChI is InChI=1S/C16H9BrN4O3/c17-10-1-2-11(7-3-4-19-6-9(7)10)21-12(22)5-8-13(14(21)18)16(24)20-15(8)23/h1-6H,18H2,(H,20,23,24). The number of nitrogens with zero attached hydrogens (tertiary/aromatic N) is 2. The van der Waals surface area contributed by atoms with Crippen LogP contribution in [0.1, 0.15) is 20.7 Å². The largest absolute Gasteiger partial charge is 0.384 e. The molecule has 1 aliphatic heterocycles. The lowest BCUT2D eigenvalue weighted by atomic mass is 10.1. The molecule has 0 spiro atoms. The molecule has 118 valence electrons. The van der Waals surface area contributed by atoms with Crippen molar-refractivity contribution in [3.63, 3.8) is 0 Å². The van der Waals surface area contributed by atoms with Crippen molar-refractivity contribution in [2.75, 3.05) is 5.73 Å². The Morgan fingerprint density at radius 3 is 2.67 bits per heavy atom. The van der Waals surface area contributed by atoms with Gasteiger partial charge < -0.3 is 5.73 Å². The van der Waals surface area contributed by atoms with Gasteiger partial charge in [0, 0.05) is 33.7 Å². The van der Waals surface area contributed by atoms with Crippen LogP contribution in [0.4, 0.5) is 5.82 Å². The maximum absolute atomic E-state index is 12.5. The third kappa shape index (κ3) is 1.89. The third-order valence-corrected chi connectivity index (χ3v) is 4.63. The van der Waals surface area contributed by atoms with Crippen LogP contribution in [0.25, 0.3) is 16.5 Å². The first kappa shape index (κ1) is 14.6. The van der Waals surface area contributed by atoms with E-state index in [0.717, 1.165) is 21.3 Å². The van der Waals surface area contributed by atoms with E-state index >= 15 is 0 Å². The van der Waals surface area contributed by atoms with Gasteiger partial charge in [-0.25, -0.2) is 0 Å². The Bertz CT molecular complexity index is 1120. The Balaban J connectivity index is 2.12. The predicted octanol–water partition coefficient (Wildman–Crippen LogP) is 1.61. The molecule has 3 N–H and O–H groups in total. The minimum Gasteiger partial charge on any atom is -0.384 e. The summed E-state index contributed by atoms with van der Waals surface area (Å²) in [6.07, 6.45) is 3.26. The van der Waals surface area contributed by atoms with E-state index in [1.54, 1.807) is 30.6 Å². The van der Waals surface area contributed by atoms with E-state index in [9.17, 15) is 14.4 Å². The lowest BCUT2D eigenvalue weighted by Gasteiger charge is -2.14. The molecule has 0 radical (unpaired) electrons. The predicted molar refractivity (Wildman–Crippen MR) is 91.2 cm³/mol. The van der Waals surface area contributed by atoms with Crippen molar-refractivity contribution in [1.29, 1.82) is 0 Å². The summed E-state index contributed by atoms with van der Waals surface area (Å²) in [7, 11) is 0. The summed E-state index contributed by atoms with van der Waals surface area (Å²) in [6, 6.07) is 6.36. The number of rotatable bonds is 1. The second-order valence-electron chi connectivity index (χ2n) is 5.26. The maximum Gasteiger partial charge on any atom is 0.262 e. The molecule has 2 aromatic heterocycles. The van der Waals surface area contributed by atoms with E-state index in [1.807, 2.05) is 0 Å². The molecule has 2 amide bonds. The van der Waals surface area contributed by atoms with Crippen LogP contribution in [0, 0.1) is 0 Å². The first-order valence-corrected chi connectivity index (χ1v) is 7.72. The van der Waals surface area contributed by atoms with Crippen LogP contribution in [0.15, 0.2) is 45.9 Å². The fraction of sp³-hybridized carbons (Fsp3) is 0. The van der Waals surface area contributed by atoms with Gasteiger partial charge in [-0.15, -0.1) is 0 Å². The number of pyridine rings is 2. The van der Waals surface area contributed by atoms with E-state index in [4.69, 9.17) is 5.73 Å². The Labute approximate surface area is 143 Å². The van der Waals surface area contributed by atoms with Gasteiger partial charge in [0.05, 0.1) is 16.8 Å². The molecule has 1 aromatic carbocycles. The first-order valence-electron chi connectivity index (χ1n) is 6.93. The van der Waals surface area contributed by atoms with Gasteiger partial charge in [0.15, 0.2) is 0 Å². The van der Waals surface area contributed by atoms with Crippen LogP contribution in [0.2, 0.25) is 0 Å². The maximum atomic E-state index is 12.5. The first-order chi connectivity index (χ1) is 11.5. The van der Waals surface area contributed by atoms with Crippen molar-refractivity contribution < 1.29 is 9.59 Å². The molecule has 3 heterocycles. The van der Waals surface area contributed by atoms with Gasteiger partial charge in [-0.2, -0.15) is 0 Å². The quantitative estimate of drug-likeness (QED) is 0.619. The highest BCUT2D eigenvalue weighted by Gasteiger charge is 2.32. The number of benzene rings is 1. The number of imide groups is 1. The minimum atomic E-state index is -0.615. The number of fused-ring (bicyclic) bond motifs is 2. The minimum absolute atomic E-state index is 0.00170. The molecule has 3 aromatic rings. The number of hydrogen-bond acceptors (Lipinski definition) is 5. The zero-order valence-corrected chi connectivity index (χ0v) is 13.6. The van der Waals surface area contributed by atoms with Crippen molar-refractivity contribution >= 4 is 44.3 Å². The Morgan fingerprint density at radius 2 is 1.88 bits per heavy atom. The number of carbonyl (C=O) groups is 2. The molecule has 0 saturated carbocycles. The fourth-order valence-corrected chi connectivity index (χ4v) is 3.31. The smallest absolute Gasteiger partial charge is 0.262 e. The summed E-state index contributed by atoms with van der Waals surface area (Å²) >= 11 is 3.44. The molecule has 7 nitrogen and oxygen atoms in total. The van der Waals surface area contributed by atoms with Crippen molar-refractivity contribution in [3.05, 3.63) is 62.6 Å². The SMILES string of the molecule is Nc1c2c(cc(=O)n1-c1ccc(Br)c3cnccc13)C(=O)NC2=O. The van der Waals surface area contributed by atoms with Gasteiger partial charge in [-0.05, 0) is 18.2 Å². The Kier molecular flexibility index (Phi) is 3.04. The molecule has 8 heteroatoms. The van der Waals surface area contributed by atoms with E-state index in [2.05, 4.69) is 26.2 Å². The number of carbonyl (C=O) groups excluding carboxylic acids is 2. The molecule has 0 aliphatic carbocycles. The summed E-state index contributed by atoms with van der Waals surface area (Å²) < 4.78 is 2.04. The normalized spacial score (nSPS) is 13.2. The van der Waals surface area contributed by atoms with Gasteiger partial charge in [-0.3, -0.25) is 29.3 Å². The number of hydrogen-bond donors (Lipinski definition) is 2. The number of halogens is 1. The average molecular weight is 385 g/mol. The van der Waals surface area contributed by atoms with E-state index in [1.165, 1.54) is 4.57 Å². The second kappa shape index (κ2) is 5.00. The molecule has 0 saturated heterocycles. The average Bonchev–Trinajstić information content (AvgIpc) is 2.84. The number of aromatic nitrogens is 2. The second-order valence-corrected chi connectivity index (χ2v) is 6.12. The van der Waals surface area contributed by atoms with E-state index < -0.39 is 17.4 Å². The highest BCUT2D eigenvalue weighted by molar-refractivity contribution is 9.10. The van der Waals surface area contributed by atoms with Crippen LogP contribution < -0.4 is 16.6 Å². The number of nitrogen functional groups attached to an aromatic ring is 1. The summed E-state index contributed by atoms with van der Waals surface area (Å²) in [4.78, 5) is 40.3. The van der Waals surface area contributed by atoms with Crippen molar-refractivity contribution in [3.8, 4) is 5.69 Å². The molecule has 24 heavy (non-hydrogen) atoms. The number of nitrogens with two attached hydrogens (primary N) is 1. The summed E-state index contributed by atoms with van der Waals surface area (Å²) in [5.74, 6) is -1.29. The molecule has 4 rings (SSSR count). The molecule has 0 fully saturated rings. The van der Waals surface area contributed by atoms with Gasteiger partial charge >= 0.3 is 0 Å². The van der Waals surface area contributed by atoms with Gasteiger partial charge in [-0.1, -0.05) is 15.9 Å². The van der Waals surface area contributed by atoms with Crippen molar-refractivity contribution in [1.82, 2.24) is 14.9 Å². The monoisotopic (exact) mass is 384 g/mol. The fourth-order valence-electron chi connectivity index (χ4n) is 2.86. The summed E-state index contributed by atoms with van der Waals surface area (Å²) in [6.45, 7) is 0. The van der Waals surface area contributed by atoms with Gasteiger partial charge in [0.25, 0.3) is 17.4 Å². The zero-order valence-electron chi connectivity index (χ0n) is 12.0. The Morgan fingerprint density at radius 1 is 1.08 bits per heavy atom. The summed E-state index contributed by atoms with van der Waals surface area (Å²) in [5.41, 5.74) is 6.11. The number of amides is 2. The number of nitrogens with one attached hydrogen (secondary N) is 1. The lowest BCUT2D eigenvalue weighted by Crippen LogP contribution is -2.24. The zero-order chi connectivity index (χ0) is 17.0. The number of anilines is 1. The molecule has 1 aliphatic rings. The van der Waals surface area contributed by atoms with Crippen LogP contribution >= 0.6 is 15.9 Å². The highest BCUT2D eigenvalue weighted by Crippen LogP contribution is 2.30. The van der Waals surface area contributed by atoms with Gasteiger partial charge in [0.2, 0.25) is 0 Å². The molecule has 0 atom stereocenters. The van der Waals surface area contributed by atoms with Crippen LogP contribution in [0.5, 0.6) is 0 Å². The van der Waals surface area contributed by atoms with Crippen LogP contribution in [0.3, 0.4) is 0 Å². The lowest BCUT2D eigenvalue weighted by molar-refractivity contribution is 0.0880. The van der Waals surface area contributed by atoms with Crippen molar-refractivity contribution in [2.45, 2.75) is 0 Å². The molecule has 0 bridgehead atoms. The van der Waals surface area contributed by atoms with Crippen LogP contribution in [-0.4, -0.2) is 21.4 Å². The molecular weight excluding hydrogens is 376 g/mol. The van der Waals surface area contributed by atoms with Crippen molar-refractivity contribution in [2.24, 2.45) is 0 Å². The Hall–Kier alpha value is -3.00. The van der Waals surface area contributed by atoms with Crippen LogP contribution in [-0.2, 0) is 0 Å². The van der Waals surface area contributed by atoms with Gasteiger partial charge in [0.1, 0.15) is 5.82 Å². The summed E-state index contributed by atoms with van der Waals surface area (Å²) in [5, 5.41) is 3.68.